The molecule has 2 aromatic rings. The predicted octanol–water partition coefficient (Wildman–Crippen LogP) is 3.14. The van der Waals surface area contributed by atoms with Crippen molar-refractivity contribution in [1.29, 1.82) is 0 Å². The molecule has 0 amide bonds. The number of H-pyrrole nitrogens is 2. The first-order chi connectivity index (χ1) is 15.4. The van der Waals surface area contributed by atoms with Crippen molar-refractivity contribution in [3.05, 3.63) is 45.0 Å². The second-order valence-corrected chi connectivity index (χ2v) is 8.83. The monoisotopic (exact) mass is 460 g/mol. The molecule has 0 aliphatic carbocycles. The number of aromatic nitrogens is 2. The van der Waals surface area contributed by atoms with Gasteiger partial charge in [-0.05, 0) is 63.3 Å². The normalized spacial score (nSPS) is 11.2. The van der Waals surface area contributed by atoms with Crippen LogP contribution >= 0.6 is 0 Å². The minimum Gasteiger partial charge on any atom is -0.469 e. The van der Waals surface area contributed by atoms with Gasteiger partial charge in [-0.3, -0.25) is 14.4 Å². The van der Waals surface area contributed by atoms with E-state index in [-0.39, 0.29) is 25.0 Å². The van der Waals surface area contributed by atoms with Gasteiger partial charge < -0.3 is 24.2 Å². The molecule has 2 rings (SSSR count). The van der Waals surface area contributed by atoms with Gasteiger partial charge in [0, 0.05) is 24.2 Å². The molecule has 0 saturated carbocycles. The highest BCUT2D eigenvalue weighted by atomic mass is 16.6. The molecular weight excluding hydrogens is 428 g/mol. The SMILES string of the molecule is COC(=O)CCc1c(Cc2[nH]c(C(=O)OC(C)(C)C)c(C)c2C)[nH]c(C=O)c1CC(=O)OC. The van der Waals surface area contributed by atoms with Crippen LogP contribution in [0.5, 0.6) is 0 Å². The standard InChI is InChI=1S/C24H32N2O7/c1-13-14(2)22(23(30)33-24(3,4)5)26-17(13)11-18-15(8-9-20(28)31-6)16(10-21(29)32-7)19(12-27)25-18/h12,25-26H,8-11H2,1-7H3. The summed E-state index contributed by atoms with van der Waals surface area (Å²) in [5.74, 6) is -1.35. The number of ether oxygens (including phenoxy) is 3. The summed E-state index contributed by atoms with van der Waals surface area (Å²) in [6.07, 6.45) is 1.22. The average Bonchev–Trinajstić information content (AvgIpc) is 3.22. The van der Waals surface area contributed by atoms with Gasteiger partial charge >= 0.3 is 17.9 Å². The highest BCUT2D eigenvalue weighted by molar-refractivity contribution is 5.90. The van der Waals surface area contributed by atoms with Gasteiger partial charge in [-0.15, -0.1) is 0 Å². The molecule has 180 valence electrons. The fourth-order valence-electron chi connectivity index (χ4n) is 3.60. The predicted molar refractivity (Wildman–Crippen MR) is 120 cm³/mol. The fraction of sp³-hybridized carbons (Fsp3) is 0.500. The minimum atomic E-state index is -0.634. The number of aldehydes is 1. The van der Waals surface area contributed by atoms with Crippen LogP contribution in [0.1, 0.15) is 81.8 Å². The van der Waals surface area contributed by atoms with Crippen molar-refractivity contribution in [2.75, 3.05) is 14.2 Å². The van der Waals surface area contributed by atoms with E-state index in [9.17, 15) is 19.2 Å². The Bertz CT molecular complexity index is 1050. The third-order valence-electron chi connectivity index (χ3n) is 5.44. The van der Waals surface area contributed by atoms with Crippen LogP contribution in [-0.2, 0) is 43.1 Å². The third kappa shape index (κ3) is 6.34. The highest BCUT2D eigenvalue weighted by Gasteiger charge is 2.25. The third-order valence-corrected chi connectivity index (χ3v) is 5.44. The molecule has 0 aliphatic rings. The van der Waals surface area contributed by atoms with Crippen LogP contribution in [0.3, 0.4) is 0 Å². The lowest BCUT2D eigenvalue weighted by atomic mass is 9.98. The Kier molecular flexibility index (Phi) is 8.24. The molecule has 0 aliphatic heterocycles. The molecule has 0 atom stereocenters. The van der Waals surface area contributed by atoms with E-state index in [0.717, 1.165) is 16.8 Å². The summed E-state index contributed by atoms with van der Waals surface area (Å²) in [6.45, 7) is 9.12. The van der Waals surface area contributed by atoms with Gasteiger partial charge in [0.1, 0.15) is 11.3 Å². The summed E-state index contributed by atoms with van der Waals surface area (Å²) in [5, 5.41) is 0. The van der Waals surface area contributed by atoms with E-state index in [4.69, 9.17) is 14.2 Å². The first-order valence-corrected chi connectivity index (χ1v) is 10.6. The van der Waals surface area contributed by atoms with Gasteiger partial charge in [0.25, 0.3) is 0 Å². The quantitative estimate of drug-likeness (QED) is 0.334. The van der Waals surface area contributed by atoms with E-state index >= 15 is 0 Å². The molecule has 0 bridgehead atoms. The average molecular weight is 461 g/mol. The zero-order valence-electron chi connectivity index (χ0n) is 20.3. The zero-order chi connectivity index (χ0) is 24.9. The maximum atomic E-state index is 12.6. The van der Waals surface area contributed by atoms with E-state index in [1.165, 1.54) is 14.2 Å². The number of methoxy groups -OCH3 is 2. The first-order valence-electron chi connectivity index (χ1n) is 10.6. The Labute approximate surface area is 193 Å². The van der Waals surface area contributed by atoms with Gasteiger partial charge in [0.15, 0.2) is 6.29 Å². The Morgan fingerprint density at radius 1 is 0.909 bits per heavy atom. The van der Waals surface area contributed by atoms with E-state index < -0.39 is 23.5 Å². The second-order valence-electron chi connectivity index (χ2n) is 8.83. The Balaban J connectivity index is 2.48. The maximum absolute atomic E-state index is 12.6. The van der Waals surface area contributed by atoms with Crippen molar-refractivity contribution in [3.63, 3.8) is 0 Å². The molecule has 9 nitrogen and oxygen atoms in total. The van der Waals surface area contributed by atoms with E-state index in [2.05, 4.69) is 9.97 Å². The molecule has 9 heteroatoms. The van der Waals surface area contributed by atoms with Crippen LogP contribution in [0.4, 0.5) is 0 Å². The Morgan fingerprint density at radius 2 is 1.55 bits per heavy atom. The van der Waals surface area contributed by atoms with Crippen molar-refractivity contribution in [2.24, 2.45) is 0 Å². The maximum Gasteiger partial charge on any atom is 0.355 e. The van der Waals surface area contributed by atoms with Gasteiger partial charge in [-0.1, -0.05) is 0 Å². The summed E-state index contributed by atoms with van der Waals surface area (Å²) in [7, 11) is 2.57. The van der Waals surface area contributed by atoms with Gasteiger partial charge in [0.05, 0.1) is 26.3 Å². The molecule has 0 fully saturated rings. The van der Waals surface area contributed by atoms with E-state index in [0.29, 0.717) is 35.2 Å². The van der Waals surface area contributed by atoms with Crippen molar-refractivity contribution >= 4 is 24.2 Å². The van der Waals surface area contributed by atoms with Crippen molar-refractivity contribution in [2.45, 2.75) is 65.9 Å². The number of hydrogen-bond donors (Lipinski definition) is 2. The Morgan fingerprint density at radius 3 is 2.09 bits per heavy atom. The van der Waals surface area contributed by atoms with Crippen LogP contribution in [0.15, 0.2) is 0 Å². The molecule has 0 aromatic carbocycles. The van der Waals surface area contributed by atoms with Gasteiger partial charge in [0.2, 0.25) is 0 Å². The van der Waals surface area contributed by atoms with Gasteiger partial charge in [-0.25, -0.2) is 4.79 Å². The lowest BCUT2D eigenvalue weighted by Gasteiger charge is -2.19. The molecular formula is C24H32N2O7. The number of hydrogen-bond acceptors (Lipinski definition) is 7. The molecule has 2 N–H and O–H groups in total. The number of aromatic amines is 2. The number of rotatable bonds is 9. The van der Waals surface area contributed by atoms with E-state index in [1.54, 1.807) is 20.8 Å². The largest absolute Gasteiger partial charge is 0.469 e. The fourth-order valence-corrected chi connectivity index (χ4v) is 3.60. The van der Waals surface area contributed by atoms with E-state index in [1.807, 2.05) is 13.8 Å². The van der Waals surface area contributed by atoms with Crippen LogP contribution < -0.4 is 0 Å². The Hall–Kier alpha value is -3.36. The first kappa shape index (κ1) is 25.9. The highest BCUT2D eigenvalue weighted by Crippen LogP contribution is 2.27. The van der Waals surface area contributed by atoms with Gasteiger partial charge in [-0.2, -0.15) is 0 Å². The van der Waals surface area contributed by atoms with Crippen molar-refractivity contribution in [1.82, 2.24) is 9.97 Å². The number of carbonyl (C=O) groups is 4. The summed E-state index contributed by atoms with van der Waals surface area (Å²) >= 11 is 0. The lowest BCUT2D eigenvalue weighted by Crippen LogP contribution is -2.24. The smallest absolute Gasteiger partial charge is 0.355 e. The molecule has 0 unspecified atom stereocenters. The zero-order valence-corrected chi connectivity index (χ0v) is 20.3. The summed E-state index contributed by atoms with van der Waals surface area (Å²) in [4.78, 5) is 54.3. The molecule has 0 spiro atoms. The topological polar surface area (TPSA) is 128 Å². The number of nitrogens with one attached hydrogen (secondary N) is 2. The molecule has 33 heavy (non-hydrogen) atoms. The van der Waals surface area contributed by atoms with Crippen molar-refractivity contribution < 1.29 is 33.4 Å². The summed E-state index contributed by atoms with van der Waals surface area (Å²) in [6, 6.07) is 0. The molecule has 2 heterocycles. The molecule has 0 radical (unpaired) electrons. The van der Waals surface area contributed by atoms with Crippen LogP contribution in [0.2, 0.25) is 0 Å². The molecule has 0 saturated heterocycles. The van der Waals surface area contributed by atoms with Crippen LogP contribution in [0, 0.1) is 13.8 Å². The number of esters is 3. The summed E-state index contributed by atoms with van der Waals surface area (Å²) in [5.41, 5.74) is 4.23. The van der Waals surface area contributed by atoms with Crippen LogP contribution in [-0.4, -0.2) is 54.0 Å². The minimum absolute atomic E-state index is 0.0831. The second kappa shape index (κ2) is 10.5. The summed E-state index contributed by atoms with van der Waals surface area (Å²) < 4.78 is 15.0. The number of carbonyl (C=O) groups excluding carboxylic acids is 4. The van der Waals surface area contributed by atoms with Crippen LogP contribution in [0.25, 0.3) is 0 Å². The molecule has 2 aromatic heterocycles. The van der Waals surface area contributed by atoms with Crippen molar-refractivity contribution in [3.8, 4) is 0 Å². The lowest BCUT2D eigenvalue weighted by molar-refractivity contribution is -0.140.